The van der Waals surface area contributed by atoms with Gasteiger partial charge in [0.15, 0.2) is 0 Å². The SMILES string of the molecule is CC(C)(C)OC(O)NCI. The van der Waals surface area contributed by atoms with Crippen molar-refractivity contribution < 1.29 is 9.84 Å². The number of hydrogen-bond acceptors (Lipinski definition) is 3. The van der Waals surface area contributed by atoms with Crippen LogP contribution in [-0.4, -0.2) is 21.7 Å². The first-order valence-electron chi connectivity index (χ1n) is 3.11. The third kappa shape index (κ3) is 6.73. The Morgan fingerprint density at radius 3 is 2.40 bits per heavy atom. The van der Waals surface area contributed by atoms with Crippen LogP contribution in [0.4, 0.5) is 0 Å². The fraction of sp³-hybridized carbons (Fsp3) is 1.00. The topological polar surface area (TPSA) is 41.5 Å². The summed E-state index contributed by atoms with van der Waals surface area (Å²) in [5, 5.41) is 11.8. The summed E-state index contributed by atoms with van der Waals surface area (Å²) in [4.78, 5) is 0. The van der Waals surface area contributed by atoms with Gasteiger partial charge in [-0.2, -0.15) is 0 Å². The second kappa shape index (κ2) is 4.48. The van der Waals surface area contributed by atoms with Gasteiger partial charge in [0.25, 0.3) is 0 Å². The fourth-order valence-electron chi connectivity index (χ4n) is 0.443. The normalized spacial score (nSPS) is 15.3. The summed E-state index contributed by atoms with van der Waals surface area (Å²) >= 11 is 2.10. The van der Waals surface area contributed by atoms with E-state index in [-0.39, 0.29) is 5.60 Å². The van der Waals surface area contributed by atoms with Gasteiger partial charge in [-0.15, -0.1) is 0 Å². The third-order valence-electron chi connectivity index (χ3n) is 0.717. The third-order valence-corrected chi connectivity index (χ3v) is 1.16. The first-order chi connectivity index (χ1) is 4.45. The van der Waals surface area contributed by atoms with Crippen molar-refractivity contribution in [3.05, 3.63) is 0 Å². The van der Waals surface area contributed by atoms with E-state index in [0.717, 1.165) is 0 Å². The molecular weight excluding hydrogens is 245 g/mol. The Balaban J connectivity index is 3.47. The fourth-order valence-corrected chi connectivity index (χ4v) is 0.819. The maximum atomic E-state index is 9.05. The Morgan fingerprint density at radius 1 is 1.60 bits per heavy atom. The highest BCUT2D eigenvalue weighted by atomic mass is 127. The summed E-state index contributed by atoms with van der Waals surface area (Å²) in [6, 6.07) is 0. The van der Waals surface area contributed by atoms with Crippen LogP contribution in [0.1, 0.15) is 20.8 Å². The molecule has 0 bridgehead atoms. The summed E-state index contributed by atoms with van der Waals surface area (Å²) in [6.07, 6.45) is -0.850. The number of nitrogens with one attached hydrogen (secondary N) is 1. The van der Waals surface area contributed by atoms with Crippen LogP contribution in [0.25, 0.3) is 0 Å². The molecule has 2 N–H and O–H groups in total. The molecule has 0 aromatic rings. The lowest BCUT2D eigenvalue weighted by atomic mass is 10.2. The minimum absolute atomic E-state index is 0.293. The lowest BCUT2D eigenvalue weighted by molar-refractivity contribution is -0.178. The van der Waals surface area contributed by atoms with Crippen LogP contribution in [0, 0.1) is 0 Å². The maximum absolute atomic E-state index is 9.05. The summed E-state index contributed by atoms with van der Waals surface area (Å²) in [7, 11) is 0. The number of halogens is 1. The quantitative estimate of drug-likeness (QED) is 0.344. The van der Waals surface area contributed by atoms with Gasteiger partial charge in [-0.05, 0) is 20.8 Å². The highest BCUT2D eigenvalue weighted by molar-refractivity contribution is 14.1. The molecule has 0 aliphatic heterocycles. The van der Waals surface area contributed by atoms with E-state index in [1.165, 1.54) is 0 Å². The van der Waals surface area contributed by atoms with Crippen molar-refractivity contribution in [3.63, 3.8) is 0 Å². The zero-order valence-electron chi connectivity index (χ0n) is 6.52. The van der Waals surface area contributed by atoms with Crippen LogP contribution >= 0.6 is 22.6 Å². The molecule has 0 saturated carbocycles. The predicted molar refractivity (Wildman–Crippen MR) is 48.9 cm³/mol. The summed E-state index contributed by atoms with van der Waals surface area (Å²) < 4.78 is 5.79. The van der Waals surface area contributed by atoms with Gasteiger partial charge >= 0.3 is 0 Å². The lowest BCUT2D eigenvalue weighted by Gasteiger charge is -2.23. The number of hydrogen-bond donors (Lipinski definition) is 2. The number of aliphatic hydroxyl groups excluding tert-OH is 1. The lowest BCUT2D eigenvalue weighted by Crippen LogP contribution is -2.37. The molecule has 4 heteroatoms. The van der Waals surface area contributed by atoms with Crippen molar-refractivity contribution >= 4 is 22.6 Å². The molecule has 0 spiro atoms. The Hall–Kier alpha value is 0.610. The number of ether oxygens (including phenoxy) is 1. The first kappa shape index (κ1) is 10.6. The van der Waals surface area contributed by atoms with Crippen LogP contribution in [0.2, 0.25) is 0 Å². The van der Waals surface area contributed by atoms with Gasteiger partial charge in [0.2, 0.25) is 6.41 Å². The average Bonchev–Trinajstić information content (AvgIpc) is 1.59. The molecule has 0 aliphatic rings. The molecule has 0 fully saturated rings. The highest BCUT2D eigenvalue weighted by Gasteiger charge is 2.14. The zero-order valence-corrected chi connectivity index (χ0v) is 8.68. The van der Waals surface area contributed by atoms with E-state index in [1.807, 2.05) is 20.8 Å². The highest BCUT2D eigenvalue weighted by Crippen LogP contribution is 2.07. The molecule has 0 aromatic carbocycles. The van der Waals surface area contributed by atoms with Gasteiger partial charge < -0.3 is 9.84 Å². The Labute approximate surface area is 75.3 Å². The van der Waals surface area contributed by atoms with E-state index < -0.39 is 6.41 Å². The van der Waals surface area contributed by atoms with E-state index >= 15 is 0 Å². The largest absolute Gasteiger partial charge is 0.356 e. The van der Waals surface area contributed by atoms with Crippen molar-refractivity contribution in [1.29, 1.82) is 0 Å². The number of rotatable bonds is 3. The molecule has 1 atom stereocenters. The van der Waals surface area contributed by atoms with Crippen LogP contribution in [-0.2, 0) is 4.74 Å². The molecular formula is C6H14INO2. The molecule has 62 valence electrons. The molecule has 0 radical (unpaired) electrons. The molecule has 0 aromatic heterocycles. The minimum atomic E-state index is -0.850. The van der Waals surface area contributed by atoms with Crippen molar-refractivity contribution in [2.75, 3.05) is 4.55 Å². The standard InChI is InChI=1S/C6H14INO2/c1-6(2,3)10-5(9)8-4-7/h5,8-9H,4H2,1-3H3. The monoisotopic (exact) mass is 259 g/mol. The van der Waals surface area contributed by atoms with Gasteiger partial charge in [0.05, 0.1) is 10.2 Å². The van der Waals surface area contributed by atoms with Crippen LogP contribution in [0.15, 0.2) is 0 Å². The second-order valence-corrected chi connectivity index (χ2v) is 3.68. The predicted octanol–water partition coefficient (Wildman–Crippen LogP) is 1.06. The van der Waals surface area contributed by atoms with Gasteiger partial charge in [-0.1, -0.05) is 22.6 Å². The zero-order chi connectivity index (χ0) is 8.20. The molecule has 0 amide bonds. The van der Waals surface area contributed by atoms with Crippen molar-refractivity contribution in [2.45, 2.75) is 32.8 Å². The molecule has 0 aliphatic carbocycles. The minimum Gasteiger partial charge on any atom is -0.356 e. The average molecular weight is 259 g/mol. The Kier molecular flexibility index (Phi) is 4.75. The van der Waals surface area contributed by atoms with Gasteiger partial charge in [-0.25, -0.2) is 0 Å². The summed E-state index contributed by atoms with van der Waals surface area (Å²) in [5.41, 5.74) is -0.293. The number of aliphatic hydroxyl groups is 1. The van der Waals surface area contributed by atoms with E-state index in [9.17, 15) is 0 Å². The maximum Gasteiger partial charge on any atom is 0.214 e. The van der Waals surface area contributed by atoms with Gasteiger partial charge in [0.1, 0.15) is 0 Å². The van der Waals surface area contributed by atoms with Gasteiger partial charge in [0, 0.05) is 0 Å². The van der Waals surface area contributed by atoms with Crippen molar-refractivity contribution in [3.8, 4) is 0 Å². The smallest absolute Gasteiger partial charge is 0.214 e. The number of alkyl halides is 1. The van der Waals surface area contributed by atoms with Gasteiger partial charge in [-0.3, -0.25) is 5.32 Å². The van der Waals surface area contributed by atoms with Crippen molar-refractivity contribution in [1.82, 2.24) is 5.32 Å². The Morgan fingerprint density at radius 2 is 2.10 bits per heavy atom. The van der Waals surface area contributed by atoms with Crippen LogP contribution < -0.4 is 5.32 Å². The van der Waals surface area contributed by atoms with Crippen LogP contribution in [0.3, 0.4) is 0 Å². The molecule has 0 heterocycles. The molecule has 0 rings (SSSR count). The summed E-state index contributed by atoms with van der Waals surface area (Å²) in [5.74, 6) is 0. The van der Waals surface area contributed by atoms with E-state index in [4.69, 9.17) is 9.84 Å². The van der Waals surface area contributed by atoms with Crippen molar-refractivity contribution in [2.24, 2.45) is 0 Å². The molecule has 0 saturated heterocycles. The van der Waals surface area contributed by atoms with E-state index in [0.29, 0.717) is 4.55 Å². The summed E-state index contributed by atoms with van der Waals surface area (Å²) in [6.45, 7) is 5.68. The molecule has 3 nitrogen and oxygen atoms in total. The van der Waals surface area contributed by atoms with Crippen LogP contribution in [0.5, 0.6) is 0 Å². The molecule has 1 unspecified atom stereocenters. The van der Waals surface area contributed by atoms with E-state index in [1.54, 1.807) is 0 Å². The first-order valence-corrected chi connectivity index (χ1v) is 4.63. The van der Waals surface area contributed by atoms with E-state index in [2.05, 4.69) is 27.9 Å². The second-order valence-electron chi connectivity index (χ2n) is 2.92. The molecule has 10 heavy (non-hydrogen) atoms. The Bertz CT molecular complexity index is 92.2.